The molecule has 2 aromatic rings. The van der Waals surface area contributed by atoms with Gasteiger partial charge in [-0.25, -0.2) is 4.89 Å². The molecule has 0 aromatic heterocycles. The Balaban J connectivity index is 2.31. The molecule has 2 aromatic carbocycles. The Bertz CT molecular complexity index is 372. The highest BCUT2D eigenvalue weighted by atomic mass is 17.1. The van der Waals surface area contributed by atoms with Gasteiger partial charge in [0.25, 0.3) is 0 Å². The van der Waals surface area contributed by atoms with Crippen molar-refractivity contribution in [2.24, 2.45) is 0 Å². The molecule has 2 nitrogen and oxygen atoms in total. The summed E-state index contributed by atoms with van der Waals surface area (Å²) >= 11 is 0. The minimum Gasteiger partial charge on any atom is -0.252 e. The van der Waals surface area contributed by atoms with Gasteiger partial charge in [0.2, 0.25) is 0 Å². The number of hydrogen-bond donors (Lipinski definition) is 1. The van der Waals surface area contributed by atoms with E-state index in [9.17, 15) is 0 Å². The quantitative estimate of drug-likeness (QED) is 0.625. The summed E-state index contributed by atoms with van der Waals surface area (Å²) in [6.07, 6.45) is 0. The molecule has 0 saturated heterocycles. The van der Waals surface area contributed by atoms with Gasteiger partial charge in [0.1, 0.15) is 0 Å². The topological polar surface area (TPSA) is 29.5 Å². The van der Waals surface area contributed by atoms with Crippen molar-refractivity contribution >= 4 is 0 Å². The van der Waals surface area contributed by atoms with Crippen LogP contribution in [0.25, 0.3) is 0 Å². The zero-order valence-corrected chi connectivity index (χ0v) is 8.91. The van der Waals surface area contributed by atoms with Crippen LogP contribution in [0, 0.1) is 0 Å². The summed E-state index contributed by atoms with van der Waals surface area (Å²) in [6.45, 7) is 0.272. The highest BCUT2D eigenvalue weighted by Gasteiger charge is 2.13. The molecule has 0 atom stereocenters. The number of benzene rings is 2. The molecule has 0 fully saturated rings. The fourth-order valence-electron chi connectivity index (χ4n) is 1.83. The molecular formula is C14H14O2. The molecule has 82 valence electrons. The van der Waals surface area contributed by atoms with Crippen LogP contribution in [0.1, 0.15) is 17.0 Å². The summed E-state index contributed by atoms with van der Waals surface area (Å²) in [4.78, 5) is 4.31. The predicted molar refractivity (Wildman–Crippen MR) is 63.3 cm³/mol. The molecule has 16 heavy (non-hydrogen) atoms. The lowest BCUT2D eigenvalue weighted by molar-refractivity contribution is -0.244. The lowest BCUT2D eigenvalue weighted by atomic mass is 9.92. The highest BCUT2D eigenvalue weighted by molar-refractivity contribution is 5.32. The van der Waals surface area contributed by atoms with Crippen molar-refractivity contribution in [3.63, 3.8) is 0 Å². The van der Waals surface area contributed by atoms with Crippen LogP contribution in [-0.4, -0.2) is 11.9 Å². The minimum absolute atomic E-state index is 0.0763. The summed E-state index contributed by atoms with van der Waals surface area (Å²) < 4.78 is 0. The average Bonchev–Trinajstić information content (AvgIpc) is 2.38. The van der Waals surface area contributed by atoms with E-state index < -0.39 is 0 Å². The van der Waals surface area contributed by atoms with Crippen LogP contribution >= 0.6 is 0 Å². The van der Waals surface area contributed by atoms with Crippen molar-refractivity contribution in [3.8, 4) is 0 Å². The van der Waals surface area contributed by atoms with E-state index in [0.29, 0.717) is 0 Å². The van der Waals surface area contributed by atoms with Crippen LogP contribution in [-0.2, 0) is 4.89 Å². The molecule has 0 aliphatic rings. The first kappa shape index (κ1) is 10.9. The van der Waals surface area contributed by atoms with E-state index in [-0.39, 0.29) is 12.5 Å². The van der Waals surface area contributed by atoms with Gasteiger partial charge >= 0.3 is 0 Å². The minimum atomic E-state index is 0.0763. The molecule has 0 bridgehead atoms. The molecule has 0 aliphatic heterocycles. The van der Waals surface area contributed by atoms with Crippen LogP contribution in [0.5, 0.6) is 0 Å². The molecule has 0 radical (unpaired) electrons. The third-order valence-electron chi connectivity index (χ3n) is 2.65. The molecule has 1 N–H and O–H groups in total. The molecule has 0 saturated carbocycles. The molecule has 0 amide bonds. The number of rotatable bonds is 4. The lowest BCUT2D eigenvalue weighted by Crippen LogP contribution is -2.07. The van der Waals surface area contributed by atoms with Gasteiger partial charge < -0.3 is 0 Å². The van der Waals surface area contributed by atoms with Gasteiger partial charge in [-0.1, -0.05) is 60.7 Å². The Kier molecular flexibility index (Phi) is 3.70. The van der Waals surface area contributed by atoms with Crippen molar-refractivity contribution in [2.45, 2.75) is 5.92 Å². The lowest BCUT2D eigenvalue weighted by Gasteiger charge is -2.15. The van der Waals surface area contributed by atoms with E-state index >= 15 is 0 Å². The standard InChI is InChI=1S/C14H14O2/c15-16-11-14(12-7-3-1-4-8-12)13-9-5-2-6-10-13/h1-10,14-15H,11H2. The Hall–Kier alpha value is -1.64. The maximum absolute atomic E-state index is 8.66. The fraction of sp³-hybridized carbons (Fsp3) is 0.143. The number of hydrogen-bond acceptors (Lipinski definition) is 2. The van der Waals surface area contributed by atoms with Crippen LogP contribution in [0.15, 0.2) is 60.7 Å². The van der Waals surface area contributed by atoms with Gasteiger partial charge in [0.05, 0.1) is 6.61 Å². The van der Waals surface area contributed by atoms with Gasteiger partial charge in [-0.2, -0.15) is 0 Å². The average molecular weight is 214 g/mol. The van der Waals surface area contributed by atoms with Crippen molar-refractivity contribution in [3.05, 3.63) is 71.8 Å². The molecule has 0 heterocycles. The molecule has 0 spiro atoms. The monoisotopic (exact) mass is 214 g/mol. The van der Waals surface area contributed by atoms with E-state index in [0.717, 1.165) is 11.1 Å². The SMILES string of the molecule is OOCC(c1ccccc1)c1ccccc1. The molecule has 2 rings (SSSR count). The van der Waals surface area contributed by atoms with Gasteiger partial charge in [-0.3, -0.25) is 5.26 Å². The summed E-state index contributed by atoms with van der Waals surface area (Å²) in [5.74, 6) is 0.0763. The maximum Gasteiger partial charge on any atom is 0.0928 e. The first-order valence-electron chi connectivity index (χ1n) is 5.28. The van der Waals surface area contributed by atoms with Gasteiger partial charge in [0, 0.05) is 5.92 Å². The second kappa shape index (κ2) is 5.45. The van der Waals surface area contributed by atoms with Gasteiger partial charge in [0.15, 0.2) is 0 Å². The maximum atomic E-state index is 8.66. The van der Waals surface area contributed by atoms with E-state index in [4.69, 9.17) is 5.26 Å². The van der Waals surface area contributed by atoms with Crippen LogP contribution in [0.2, 0.25) is 0 Å². The third-order valence-corrected chi connectivity index (χ3v) is 2.65. The first-order valence-corrected chi connectivity index (χ1v) is 5.28. The van der Waals surface area contributed by atoms with Crippen LogP contribution < -0.4 is 0 Å². The van der Waals surface area contributed by atoms with Crippen molar-refractivity contribution in [1.82, 2.24) is 0 Å². The Morgan fingerprint density at radius 1 is 0.812 bits per heavy atom. The largest absolute Gasteiger partial charge is 0.252 e. The second-order valence-corrected chi connectivity index (χ2v) is 3.67. The summed E-state index contributed by atoms with van der Waals surface area (Å²) in [5.41, 5.74) is 2.28. The first-order chi connectivity index (χ1) is 7.92. The normalized spacial score (nSPS) is 10.6. The zero-order valence-electron chi connectivity index (χ0n) is 8.91. The summed E-state index contributed by atoms with van der Waals surface area (Å²) in [5, 5.41) is 8.66. The second-order valence-electron chi connectivity index (χ2n) is 3.67. The Morgan fingerprint density at radius 2 is 1.25 bits per heavy atom. The van der Waals surface area contributed by atoms with E-state index in [2.05, 4.69) is 4.89 Å². The van der Waals surface area contributed by atoms with E-state index in [1.165, 1.54) is 0 Å². The molecule has 2 heteroatoms. The Labute approximate surface area is 95.1 Å². The molecular weight excluding hydrogens is 200 g/mol. The highest BCUT2D eigenvalue weighted by Crippen LogP contribution is 2.24. The summed E-state index contributed by atoms with van der Waals surface area (Å²) in [6, 6.07) is 20.1. The van der Waals surface area contributed by atoms with Crippen LogP contribution in [0.3, 0.4) is 0 Å². The van der Waals surface area contributed by atoms with Crippen molar-refractivity contribution < 1.29 is 10.1 Å². The van der Waals surface area contributed by atoms with Crippen LogP contribution in [0.4, 0.5) is 0 Å². The van der Waals surface area contributed by atoms with Gasteiger partial charge in [-0.05, 0) is 11.1 Å². The van der Waals surface area contributed by atoms with Gasteiger partial charge in [-0.15, -0.1) is 0 Å². The Morgan fingerprint density at radius 3 is 1.62 bits per heavy atom. The zero-order chi connectivity index (χ0) is 11.2. The smallest absolute Gasteiger partial charge is 0.0928 e. The van der Waals surface area contributed by atoms with Crippen molar-refractivity contribution in [2.75, 3.05) is 6.61 Å². The van der Waals surface area contributed by atoms with E-state index in [1.54, 1.807) is 0 Å². The fourth-order valence-corrected chi connectivity index (χ4v) is 1.83. The third kappa shape index (κ3) is 2.48. The summed E-state index contributed by atoms with van der Waals surface area (Å²) in [7, 11) is 0. The van der Waals surface area contributed by atoms with E-state index in [1.807, 2.05) is 60.7 Å². The predicted octanol–water partition coefficient (Wildman–Crippen LogP) is 3.31. The molecule has 0 unspecified atom stereocenters. The van der Waals surface area contributed by atoms with Crippen molar-refractivity contribution in [1.29, 1.82) is 0 Å². The molecule has 0 aliphatic carbocycles.